The van der Waals surface area contributed by atoms with Gasteiger partial charge in [0.25, 0.3) is 0 Å². The Kier molecular flexibility index (Phi) is 6.40. The summed E-state index contributed by atoms with van der Waals surface area (Å²) in [5.41, 5.74) is 0. The Hall–Kier alpha value is -2.06. The van der Waals surface area contributed by atoms with Gasteiger partial charge in [0.15, 0.2) is 16.8 Å². The molecule has 0 N–H and O–H groups in total. The fourth-order valence-electron chi connectivity index (χ4n) is 3.18. The molecule has 1 aliphatic rings. The van der Waals surface area contributed by atoms with Crippen molar-refractivity contribution in [1.82, 2.24) is 24.9 Å². The van der Waals surface area contributed by atoms with Crippen molar-refractivity contribution in [2.75, 3.05) is 0 Å². The van der Waals surface area contributed by atoms with Crippen LogP contribution in [0.1, 0.15) is 69.0 Å². The van der Waals surface area contributed by atoms with Crippen LogP contribution in [0.5, 0.6) is 5.75 Å². The molecule has 1 fully saturated rings. The van der Waals surface area contributed by atoms with Gasteiger partial charge in [-0.3, -0.25) is 0 Å². The summed E-state index contributed by atoms with van der Waals surface area (Å²) in [4.78, 5) is 4.50. The minimum atomic E-state index is 0.296. The zero-order valence-electron chi connectivity index (χ0n) is 16.5. The van der Waals surface area contributed by atoms with E-state index in [1.807, 2.05) is 24.3 Å². The van der Waals surface area contributed by atoms with Crippen molar-refractivity contribution in [2.45, 2.75) is 69.0 Å². The lowest BCUT2D eigenvalue weighted by Crippen LogP contribution is -2.14. The molecule has 1 saturated carbocycles. The highest BCUT2D eigenvalue weighted by molar-refractivity contribution is 7.98. The normalized spacial score (nSPS) is 13.9. The summed E-state index contributed by atoms with van der Waals surface area (Å²) in [6.07, 6.45) is 4.25. The molecule has 4 rings (SSSR count). The van der Waals surface area contributed by atoms with E-state index in [0.717, 1.165) is 42.6 Å². The van der Waals surface area contributed by atoms with Crippen LogP contribution < -0.4 is 4.74 Å². The number of ether oxygens (including phenoxy) is 1. The maximum absolute atomic E-state index is 6.20. The summed E-state index contributed by atoms with van der Waals surface area (Å²) >= 11 is 7.78. The molecule has 9 heteroatoms. The van der Waals surface area contributed by atoms with E-state index in [4.69, 9.17) is 20.9 Å². The van der Waals surface area contributed by atoms with Crippen LogP contribution in [-0.4, -0.2) is 24.9 Å². The SMILES string of the molecule is CCC(CC)n1c(COc2ccccc2Cl)nnc1SCc1noc(C2CC2)n1. The van der Waals surface area contributed by atoms with Gasteiger partial charge in [-0.15, -0.1) is 10.2 Å². The standard InChI is InChI=1S/C20H24ClN5O2S/c1-3-14(4-2)26-18(11-27-16-8-6-5-7-15(16)21)23-24-20(26)29-12-17-22-19(28-25-17)13-9-10-13/h5-8,13-14H,3-4,9-12H2,1-2H3. The van der Waals surface area contributed by atoms with Crippen LogP contribution in [0.4, 0.5) is 0 Å². The summed E-state index contributed by atoms with van der Waals surface area (Å²) in [5.74, 6) is 3.94. The van der Waals surface area contributed by atoms with E-state index in [0.29, 0.717) is 40.9 Å². The first kappa shape index (κ1) is 20.2. The van der Waals surface area contributed by atoms with Crippen molar-refractivity contribution in [3.8, 4) is 5.75 Å². The molecule has 0 amide bonds. The number of benzene rings is 1. The van der Waals surface area contributed by atoms with E-state index in [2.05, 4.69) is 38.8 Å². The molecule has 1 aliphatic carbocycles. The molecule has 0 bridgehead atoms. The lowest BCUT2D eigenvalue weighted by molar-refractivity contribution is 0.278. The number of para-hydroxylation sites is 1. The minimum Gasteiger partial charge on any atom is -0.484 e. The number of halogens is 1. The third-order valence-corrected chi connectivity index (χ3v) is 6.23. The van der Waals surface area contributed by atoms with Gasteiger partial charge in [-0.1, -0.05) is 54.5 Å². The Labute approximate surface area is 179 Å². The smallest absolute Gasteiger partial charge is 0.229 e. The van der Waals surface area contributed by atoms with Crippen molar-refractivity contribution in [1.29, 1.82) is 0 Å². The maximum atomic E-state index is 6.20. The van der Waals surface area contributed by atoms with Gasteiger partial charge in [0.05, 0.1) is 10.8 Å². The van der Waals surface area contributed by atoms with Crippen molar-refractivity contribution in [3.05, 3.63) is 46.8 Å². The van der Waals surface area contributed by atoms with Crippen LogP contribution >= 0.6 is 23.4 Å². The van der Waals surface area contributed by atoms with Crippen LogP contribution in [0.25, 0.3) is 0 Å². The van der Waals surface area contributed by atoms with E-state index < -0.39 is 0 Å². The van der Waals surface area contributed by atoms with Crippen LogP contribution in [0.2, 0.25) is 5.02 Å². The number of hydrogen-bond acceptors (Lipinski definition) is 7. The van der Waals surface area contributed by atoms with Gasteiger partial charge < -0.3 is 13.8 Å². The second kappa shape index (κ2) is 9.17. The third-order valence-electron chi connectivity index (χ3n) is 4.98. The first-order chi connectivity index (χ1) is 14.2. The Bertz CT molecular complexity index is 952. The molecule has 1 aromatic carbocycles. The van der Waals surface area contributed by atoms with Gasteiger partial charge in [0.2, 0.25) is 5.89 Å². The number of rotatable bonds is 10. The Morgan fingerprint density at radius 2 is 2.03 bits per heavy atom. The zero-order chi connectivity index (χ0) is 20.2. The topological polar surface area (TPSA) is 78.9 Å². The van der Waals surface area contributed by atoms with Gasteiger partial charge in [-0.05, 0) is 37.8 Å². The molecular formula is C20H24ClN5O2S. The highest BCUT2D eigenvalue weighted by atomic mass is 35.5. The number of aromatic nitrogens is 5. The van der Waals surface area contributed by atoms with E-state index in [1.54, 1.807) is 11.8 Å². The summed E-state index contributed by atoms with van der Waals surface area (Å²) in [7, 11) is 0. The largest absolute Gasteiger partial charge is 0.484 e. The monoisotopic (exact) mass is 433 g/mol. The molecule has 0 spiro atoms. The minimum absolute atomic E-state index is 0.296. The fourth-order valence-corrected chi connectivity index (χ4v) is 4.24. The van der Waals surface area contributed by atoms with Crippen LogP contribution in [0.3, 0.4) is 0 Å². The predicted molar refractivity (Wildman–Crippen MR) is 111 cm³/mol. The molecule has 2 aromatic heterocycles. The average molecular weight is 434 g/mol. The molecule has 2 heterocycles. The molecule has 0 radical (unpaired) electrons. The Balaban J connectivity index is 1.49. The second-order valence-corrected chi connectivity index (χ2v) is 8.42. The van der Waals surface area contributed by atoms with Gasteiger partial charge in [-0.2, -0.15) is 4.98 Å². The maximum Gasteiger partial charge on any atom is 0.229 e. The number of hydrogen-bond donors (Lipinski definition) is 0. The van der Waals surface area contributed by atoms with Crippen LogP contribution in [0.15, 0.2) is 33.9 Å². The van der Waals surface area contributed by atoms with E-state index in [-0.39, 0.29) is 0 Å². The summed E-state index contributed by atoms with van der Waals surface area (Å²) < 4.78 is 13.4. The van der Waals surface area contributed by atoms with E-state index >= 15 is 0 Å². The van der Waals surface area contributed by atoms with Gasteiger partial charge in [0, 0.05) is 12.0 Å². The molecular weight excluding hydrogens is 410 g/mol. The summed E-state index contributed by atoms with van der Waals surface area (Å²) in [6.45, 7) is 4.65. The van der Waals surface area contributed by atoms with Gasteiger partial charge >= 0.3 is 0 Å². The summed E-state index contributed by atoms with van der Waals surface area (Å²) in [6, 6.07) is 7.73. The molecule has 3 aromatic rings. The molecule has 0 aliphatic heterocycles. The van der Waals surface area contributed by atoms with E-state index in [1.165, 1.54) is 0 Å². The van der Waals surface area contributed by atoms with Crippen molar-refractivity contribution >= 4 is 23.4 Å². The Morgan fingerprint density at radius 1 is 1.24 bits per heavy atom. The van der Waals surface area contributed by atoms with Crippen molar-refractivity contribution in [3.63, 3.8) is 0 Å². The summed E-state index contributed by atoms with van der Waals surface area (Å²) in [5, 5.41) is 14.3. The van der Waals surface area contributed by atoms with Crippen LogP contribution in [-0.2, 0) is 12.4 Å². The highest BCUT2D eigenvalue weighted by Crippen LogP contribution is 2.39. The molecule has 0 atom stereocenters. The lowest BCUT2D eigenvalue weighted by atomic mass is 10.2. The molecule has 0 saturated heterocycles. The average Bonchev–Trinajstić information content (AvgIpc) is 3.35. The van der Waals surface area contributed by atoms with Crippen LogP contribution in [0, 0.1) is 0 Å². The number of thioether (sulfide) groups is 1. The molecule has 29 heavy (non-hydrogen) atoms. The van der Waals surface area contributed by atoms with Gasteiger partial charge in [-0.25, -0.2) is 0 Å². The molecule has 154 valence electrons. The van der Waals surface area contributed by atoms with Gasteiger partial charge in [0.1, 0.15) is 12.4 Å². The van der Waals surface area contributed by atoms with Crippen molar-refractivity contribution in [2.24, 2.45) is 0 Å². The number of nitrogens with zero attached hydrogens (tertiary/aromatic N) is 5. The quantitative estimate of drug-likeness (QED) is 0.394. The van der Waals surface area contributed by atoms with E-state index in [9.17, 15) is 0 Å². The molecule has 0 unspecified atom stereocenters. The first-order valence-corrected chi connectivity index (χ1v) is 11.3. The molecule has 7 nitrogen and oxygen atoms in total. The second-order valence-electron chi connectivity index (χ2n) is 7.07. The highest BCUT2D eigenvalue weighted by Gasteiger charge is 2.29. The third kappa shape index (κ3) is 4.75. The first-order valence-electron chi connectivity index (χ1n) is 9.96. The fraction of sp³-hybridized carbons (Fsp3) is 0.500. The predicted octanol–water partition coefficient (Wildman–Crippen LogP) is 5.42. The lowest BCUT2D eigenvalue weighted by Gasteiger charge is -2.19. The van der Waals surface area contributed by atoms with Crippen molar-refractivity contribution < 1.29 is 9.26 Å². The zero-order valence-corrected chi connectivity index (χ0v) is 18.1. The Morgan fingerprint density at radius 3 is 2.76 bits per heavy atom.